The fourth-order valence-corrected chi connectivity index (χ4v) is 5.06. The van der Waals surface area contributed by atoms with Crippen molar-refractivity contribution in [1.82, 2.24) is 10.2 Å². The molecule has 1 aromatic rings. The molecule has 1 aromatic carbocycles. The van der Waals surface area contributed by atoms with Crippen LogP contribution in [0.3, 0.4) is 0 Å². The molecule has 0 spiro atoms. The number of nitrogens with two attached hydrogens (primary N) is 2. The molecule has 0 radical (unpaired) electrons. The Morgan fingerprint density at radius 1 is 1.22 bits per heavy atom. The molecule has 2 aliphatic rings. The molecule has 1 aliphatic heterocycles. The molecule has 3 rings (SSSR count). The lowest BCUT2D eigenvalue weighted by molar-refractivity contribution is -0.182. The molecule has 0 aromatic heterocycles. The Balaban J connectivity index is 1.76. The number of aliphatic hydroxyl groups is 1. The number of nitrogens with zero attached hydrogens (tertiary/aromatic N) is 1. The molecule has 1 heterocycles. The third kappa shape index (κ3) is 5.99. The monoisotopic (exact) mass is 456 g/mol. The van der Waals surface area contributed by atoms with Crippen molar-refractivity contribution in [3.8, 4) is 0 Å². The van der Waals surface area contributed by atoms with Crippen LogP contribution in [0.5, 0.6) is 0 Å². The summed E-state index contributed by atoms with van der Waals surface area (Å²) >= 11 is 0. The number of benzene rings is 1. The molecule has 6 atom stereocenters. The molecular formula is C22H31F3N4O3. The van der Waals surface area contributed by atoms with Gasteiger partial charge in [0.15, 0.2) is 0 Å². The number of amides is 2. The van der Waals surface area contributed by atoms with Crippen LogP contribution in [0.25, 0.3) is 0 Å². The van der Waals surface area contributed by atoms with Gasteiger partial charge in [0.05, 0.1) is 24.6 Å². The molecule has 1 saturated heterocycles. The van der Waals surface area contributed by atoms with Crippen molar-refractivity contribution in [3.63, 3.8) is 0 Å². The van der Waals surface area contributed by atoms with Gasteiger partial charge < -0.3 is 21.9 Å². The van der Waals surface area contributed by atoms with Crippen LogP contribution in [-0.4, -0.2) is 64.8 Å². The van der Waals surface area contributed by atoms with Gasteiger partial charge in [-0.2, -0.15) is 13.2 Å². The quantitative estimate of drug-likeness (QED) is 0.443. The lowest BCUT2D eigenvalue weighted by Crippen LogP contribution is -2.56. The molecule has 2 fully saturated rings. The highest BCUT2D eigenvalue weighted by Crippen LogP contribution is 2.46. The summed E-state index contributed by atoms with van der Waals surface area (Å²) in [6.45, 7) is -0.214. The maximum absolute atomic E-state index is 13.7. The number of primary amides is 1. The van der Waals surface area contributed by atoms with Gasteiger partial charge in [0, 0.05) is 12.6 Å². The van der Waals surface area contributed by atoms with Gasteiger partial charge >= 0.3 is 6.18 Å². The third-order valence-corrected chi connectivity index (χ3v) is 6.60. The van der Waals surface area contributed by atoms with E-state index in [1.807, 2.05) is 6.07 Å². The minimum absolute atomic E-state index is 0.0278. The normalized spacial score (nSPS) is 26.3. The van der Waals surface area contributed by atoms with E-state index in [0.717, 1.165) is 18.4 Å². The summed E-state index contributed by atoms with van der Waals surface area (Å²) in [5.74, 6) is -1.46. The van der Waals surface area contributed by atoms with E-state index in [0.29, 0.717) is 6.42 Å². The molecule has 1 saturated carbocycles. The summed E-state index contributed by atoms with van der Waals surface area (Å²) in [5, 5.41) is 13.6. The summed E-state index contributed by atoms with van der Waals surface area (Å²) in [7, 11) is 0. The Morgan fingerprint density at radius 2 is 1.91 bits per heavy atom. The highest BCUT2D eigenvalue weighted by atomic mass is 19.4. The van der Waals surface area contributed by atoms with Gasteiger partial charge in [-0.3, -0.25) is 14.5 Å². The molecule has 32 heavy (non-hydrogen) atoms. The van der Waals surface area contributed by atoms with Crippen LogP contribution in [0, 0.1) is 5.92 Å². The molecule has 6 N–H and O–H groups in total. The lowest BCUT2D eigenvalue weighted by Gasteiger charge is -2.35. The summed E-state index contributed by atoms with van der Waals surface area (Å²) in [5.41, 5.74) is 11.6. The number of rotatable bonds is 9. The van der Waals surface area contributed by atoms with Gasteiger partial charge in [-0.15, -0.1) is 0 Å². The zero-order valence-electron chi connectivity index (χ0n) is 17.8. The van der Waals surface area contributed by atoms with E-state index in [1.54, 1.807) is 24.3 Å². The third-order valence-electron chi connectivity index (χ3n) is 6.60. The number of nitrogens with one attached hydrogen (secondary N) is 1. The number of fused-ring (bicyclic) bond motifs is 1. The molecule has 1 aliphatic carbocycles. The highest BCUT2D eigenvalue weighted by Gasteiger charge is 2.54. The van der Waals surface area contributed by atoms with Crippen molar-refractivity contribution in [2.45, 2.75) is 75.0 Å². The molecule has 178 valence electrons. The van der Waals surface area contributed by atoms with Gasteiger partial charge in [0.2, 0.25) is 11.8 Å². The Hall–Kier alpha value is -2.17. The van der Waals surface area contributed by atoms with Crippen LogP contribution in [0.4, 0.5) is 13.2 Å². The Morgan fingerprint density at radius 3 is 2.53 bits per heavy atom. The van der Waals surface area contributed by atoms with Crippen LogP contribution in [-0.2, 0) is 16.0 Å². The van der Waals surface area contributed by atoms with E-state index in [1.165, 1.54) is 4.90 Å². The van der Waals surface area contributed by atoms with Crippen LogP contribution in [0.2, 0.25) is 0 Å². The molecule has 2 amide bonds. The number of hydrogen-bond donors (Lipinski definition) is 4. The number of carbonyl (C=O) groups excluding carboxylic acids is 2. The summed E-state index contributed by atoms with van der Waals surface area (Å²) in [6, 6.07) is 5.11. The van der Waals surface area contributed by atoms with E-state index < -0.39 is 42.2 Å². The SMILES string of the molecule is NC(=O)C[C@H](N)C(=O)N[C@@H](Cc1ccccc1)[C@H](O)CN1C2CCCC2CC1C(F)(F)F. The van der Waals surface area contributed by atoms with Crippen LogP contribution in [0.15, 0.2) is 30.3 Å². The first-order chi connectivity index (χ1) is 15.1. The fourth-order valence-electron chi connectivity index (χ4n) is 5.06. The lowest BCUT2D eigenvalue weighted by atomic mass is 9.99. The summed E-state index contributed by atoms with van der Waals surface area (Å²) in [6.07, 6.45) is -3.46. The Bertz CT molecular complexity index is 792. The first kappa shape index (κ1) is 24.5. The van der Waals surface area contributed by atoms with Crippen molar-refractivity contribution in [1.29, 1.82) is 0 Å². The van der Waals surface area contributed by atoms with Crippen LogP contribution >= 0.6 is 0 Å². The van der Waals surface area contributed by atoms with E-state index in [-0.39, 0.29) is 37.8 Å². The predicted octanol–water partition coefficient (Wildman–Crippen LogP) is 1.08. The minimum atomic E-state index is -4.38. The standard InChI is InChI=1S/C22H31F3N4O3/c23-22(24,25)19-10-14-7-4-8-17(14)29(19)12-18(30)16(9-13-5-2-1-3-6-13)28-21(32)15(26)11-20(27)31/h1-3,5-6,14-19,30H,4,7-12,26H2,(H2,27,31)(H,28,32)/t14?,15-,16-,17?,18+,19?/m0/s1. The minimum Gasteiger partial charge on any atom is -0.390 e. The van der Waals surface area contributed by atoms with E-state index in [4.69, 9.17) is 11.5 Å². The predicted molar refractivity (Wildman–Crippen MR) is 112 cm³/mol. The van der Waals surface area contributed by atoms with Crippen molar-refractivity contribution >= 4 is 11.8 Å². The second-order valence-electron chi connectivity index (χ2n) is 8.90. The van der Waals surface area contributed by atoms with Gasteiger partial charge in [-0.1, -0.05) is 36.8 Å². The maximum Gasteiger partial charge on any atom is 0.404 e. The number of likely N-dealkylation sites (tertiary alicyclic amines) is 1. The molecule has 0 bridgehead atoms. The number of halogens is 3. The molecule has 7 nitrogen and oxygen atoms in total. The van der Waals surface area contributed by atoms with Crippen molar-refractivity contribution < 1.29 is 27.9 Å². The topological polar surface area (TPSA) is 122 Å². The Kier molecular flexibility index (Phi) is 7.79. The second kappa shape index (κ2) is 10.2. The largest absolute Gasteiger partial charge is 0.404 e. The maximum atomic E-state index is 13.7. The first-order valence-corrected chi connectivity index (χ1v) is 10.9. The number of hydrogen-bond acceptors (Lipinski definition) is 5. The molecule has 3 unspecified atom stereocenters. The van der Waals surface area contributed by atoms with Crippen LogP contribution < -0.4 is 16.8 Å². The number of β-amino-alcohol motifs (C(OH)–C–C–N with tert-alkyl or cyclic N) is 1. The number of carbonyl (C=O) groups is 2. The van der Waals surface area contributed by atoms with Crippen LogP contribution in [0.1, 0.15) is 37.7 Å². The average Bonchev–Trinajstić information content (AvgIpc) is 3.30. The van der Waals surface area contributed by atoms with E-state index in [9.17, 15) is 27.9 Å². The van der Waals surface area contributed by atoms with Gasteiger partial charge in [0.1, 0.15) is 6.04 Å². The summed E-state index contributed by atoms with van der Waals surface area (Å²) < 4.78 is 41.1. The molecular weight excluding hydrogens is 425 g/mol. The van der Waals surface area contributed by atoms with Crippen molar-refractivity contribution in [3.05, 3.63) is 35.9 Å². The average molecular weight is 457 g/mol. The number of aliphatic hydroxyl groups excluding tert-OH is 1. The number of alkyl halides is 3. The Labute approximate surface area is 185 Å². The summed E-state index contributed by atoms with van der Waals surface area (Å²) in [4.78, 5) is 24.9. The zero-order chi connectivity index (χ0) is 23.5. The van der Waals surface area contributed by atoms with Gasteiger partial charge in [0.25, 0.3) is 0 Å². The van der Waals surface area contributed by atoms with Crippen molar-refractivity contribution in [2.24, 2.45) is 17.4 Å². The van der Waals surface area contributed by atoms with E-state index in [2.05, 4.69) is 5.32 Å². The first-order valence-electron chi connectivity index (χ1n) is 10.9. The molecule has 10 heteroatoms. The van der Waals surface area contributed by atoms with Crippen molar-refractivity contribution in [2.75, 3.05) is 6.54 Å². The highest BCUT2D eigenvalue weighted by molar-refractivity contribution is 5.87. The van der Waals surface area contributed by atoms with Gasteiger partial charge in [-0.25, -0.2) is 0 Å². The smallest absolute Gasteiger partial charge is 0.390 e. The van der Waals surface area contributed by atoms with E-state index >= 15 is 0 Å². The zero-order valence-corrected chi connectivity index (χ0v) is 17.8. The fraction of sp³-hybridized carbons (Fsp3) is 0.636. The van der Waals surface area contributed by atoms with Gasteiger partial charge in [-0.05, 0) is 37.2 Å². The second-order valence-corrected chi connectivity index (χ2v) is 8.90.